The molecule has 128 valence electrons. The Morgan fingerprint density at radius 1 is 1.00 bits per heavy atom. The lowest BCUT2D eigenvalue weighted by atomic mass is 10.1. The molecular formula is C15H10N2O6S2. The number of fused-ring (bicyclic) bond motifs is 3. The van der Waals surface area contributed by atoms with Gasteiger partial charge in [-0.2, -0.15) is 0 Å². The first-order valence-corrected chi connectivity index (χ1v) is 8.16. The van der Waals surface area contributed by atoms with Crippen LogP contribution in [-0.4, -0.2) is 31.3 Å². The number of aliphatic carboxylic acids is 2. The van der Waals surface area contributed by atoms with Crippen LogP contribution in [0.25, 0.3) is 21.0 Å². The van der Waals surface area contributed by atoms with E-state index >= 15 is 0 Å². The smallest absolute Gasteiger partial charge is 0.323 e. The third-order valence-electron chi connectivity index (χ3n) is 3.58. The van der Waals surface area contributed by atoms with Crippen molar-refractivity contribution >= 4 is 56.5 Å². The Bertz CT molecular complexity index is 1220. The summed E-state index contributed by atoms with van der Waals surface area (Å²) < 4.78 is 1.86. The molecule has 0 unspecified atom stereocenters. The maximum atomic E-state index is 12.6. The fourth-order valence-corrected chi connectivity index (χ4v) is 4.07. The molecule has 0 aliphatic carbocycles. The summed E-state index contributed by atoms with van der Waals surface area (Å²) in [5.41, 5.74) is -0.550. The maximum absolute atomic E-state index is 12.6. The van der Waals surface area contributed by atoms with Crippen LogP contribution in [0.3, 0.4) is 0 Å². The first-order valence-electron chi connectivity index (χ1n) is 6.94. The lowest BCUT2D eigenvalue weighted by Crippen LogP contribution is -2.27. The van der Waals surface area contributed by atoms with Crippen LogP contribution in [-0.2, 0) is 22.7 Å². The highest BCUT2D eigenvalue weighted by Gasteiger charge is 2.18. The van der Waals surface area contributed by atoms with Gasteiger partial charge in [0.05, 0.1) is 5.39 Å². The van der Waals surface area contributed by atoms with Crippen molar-refractivity contribution in [1.82, 2.24) is 9.13 Å². The summed E-state index contributed by atoms with van der Waals surface area (Å²) in [5.74, 6) is -2.48. The van der Waals surface area contributed by atoms with Gasteiger partial charge < -0.3 is 10.2 Å². The molecule has 3 rings (SSSR count). The van der Waals surface area contributed by atoms with E-state index in [1.807, 2.05) is 0 Å². The Hall–Kier alpha value is -2.85. The zero-order valence-electron chi connectivity index (χ0n) is 12.5. The van der Waals surface area contributed by atoms with Crippen LogP contribution in [0.15, 0.2) is 33.9 Å². The minimum Gasteiger partial charge on any atom is -0.480 e. The number of pyridine rings is 1. The van der Waals surface area contributed by atoms with Crippen LogP contribution >= 0.6 is 23.6 Å². The third kappa shape index (κ3) is 2.85. The molecule has 2 aromatic heterocycles. The molecule has 10 heteroatoms. The summed E-state index contributed by atoms with van der Waals surface area (Å²) in [7, 11) is 0. The number of rotatable bonds is 4. The molecule has 0 aliphatic heterocycles. The Balaban J connectivity index is 2.61. The van der Waals surface area contributed by atoms with E-state index in [4.69, 9.17) is 22.4 Å². The maximum Gasteiger partial charge on any atom is 0.323 e. The standard InChI is InChI=1S/C15H10N2O6S2/c18-9(19)5-16-12(22)8-4-2-1-3-7(8)11-13(24)17(6-10(20)21)15(23)25-14(11)16/h1-4H,5-6H2,(H,18,19)(H,20,21). The van der Waals surface area contributed by atoms with Gasteiger partial charge in [-0.15, -0.1) is 0 Å². The molecule has 2 heterocycles. The number of hydrogen-bond acceptors (Lipinski definition) is 6. The molecule has 0 amide bonds. The predicted octanol–water partition coefficient (Wildman–Crippen LogP) is 1.28. The van der Waals surface area contributed by atoms with Crippen molar-refractivity contribution in [3.05, 3.63) is 48.9 Å². The average molecular weight is 378 g/mol. The van der Waals surface area contributed by atoms with Gasteiger partial charge in [-0.25, -0.2) is 0 Å². The molecule has 0 radical (unpaired) electrons. The van der Waals surface area contributed by atoms with Gasteiger partial charge in [-0.3, -0.25) is 28.3 Å². The van der Waals surface area contributed by atoms with Crippen molar-refractivity contribution in [3.63, 3.8) is 0 Å². The number of carboxylic acids is 2. The van der Waals surface area contributed by atoms with Crippen LogP contribution in [0.4, 0.5) is 0 Å². The highest BCUT2D eigenvalue weighted by molar-refractivity contribution is 7.71. The van der Waals surface area contributed by atoms with Gasteiger partial charge in [0.1, 0.15) is 22.6 Å². The molecule has 25 heavy (non-hydrogen) atoms. The van der Waals surface area contributed by atoms with Crippen molar-refractivity contribution in [2.45, 2.75) is 13.1 Å². The molecule has 1 aromatic carbocycles. The van der Waals surface area contributed by atoms with Crippen molar-refractivity contribution in [3.8, 4) is 0 Å². The van der Waals surface area contributed by atoms with E-state index in [9.17, 15) is 19.2 Å². The zero-order chi connectivity index (χ0) is 18.3. The summed E-state index contributed by atoms with van der Waals surface area (Å²) in [5, 5.41) is 19.1. The molecule has 0 bridgehead atoms. The Kier molecular flexibility index (Phi) is 4.23. The normalized spacial score (nSPS) is 11.0. The topological polar surface area (TPSA) is 119 Å². The van der Waals surface area contributed by atoms with Gasteiger partial charge in [0, 0.05) is 10.8 Å². The monoisotopic (exact) mass is 378 g/mol. The number of benzene rings is 1. The Morgan fingerprint density at radius 2 is 1.56 bits per heavy atom. The minimum absolute atomic E-state index is 0.0449. The molecule has 8 nitrogen and oxygen atoms in total. The van der Waals surface area contributed by atoms with E-state index in [1.54, 1.807) is 18.2 Å². The molecule has 0 saturated heterocycles. The second kappa shape index (κ2) is 6.22. The summed E-state index contributed by atoms with van der Waals surface area (Å²) in [6, 6.07) is 6.46. The van der Waals surface area contributed by atoms with Gasteiger partial charge in [0.2, 0.25) is 0 Å². The van der Waals surface area contributed by atoms with E-state index in [-0.39, 0.29) is 14.9 Å². The molecule has 3 aromatic rings. The SMILES string of the molecule is O=C(O)Cn1c(=O)sc2c(c1=S)c1ccccc1c(=O)n2CC(=O)O. The van der Waals surface area contributed by atoms with Gasteiger partial charge in [-0.1, -0.05) is 41.8 Å². The highest BCUT2D eigenvalue weighted by atomic mass is 32.1. The largest absolute Gasteiger partial charge is 0.480 e. The fourth-order valence-electron chi connectivity index (χ4n) is 2.59. The lowest BCUT2D eigenvalue weighted by Gasteiger charge is -2.12. The first kappa shape index (κ1) is 17.0. The van der Waals surface area contributed by atoms with Gasteiger partial charge in [0.25, 0.3) is 5.56 Å². The molecule has 0 atom stereocenters. The van der Waals surface area contributed by atoms with E-state index < -0.39 is 35.5 Å². The number of nitrogens with zero attached hydrogens (tertiary/aromatic N) is 2. The molecule has 0 saturated carbocycles. The van der Waals surface area contributed by atoms with Crippen molar-refractivity contribution in [2.75, 3.05) is 0 Å². The lowest BCUT2D eigenvalue weighted by molar-refractivity contribution is -0.138. The molecule has 0 fully saturated rings. The van der Waals surface area contributed by atoms with E-state index in [0.29, 0.717) is 22.1 Å². The van der Waals surface area contributed by atoms with Gasteiger partial charge in [-0.05, 0) is 6.07 Å². The summed E-state index contributed by atoms with van der Waals surface area (Å²) in [6.45, 7) is -1.25. The summed E-state index contributed by atoms with van der Waals surface area (Å²) in [4.78, 5) is 46.5. The highest BCUT2D eigenvalue weighted by Crippen LogP contribution is 2.25. The Labute approximate surface area is 147 Å². The molecule has 2 N–H and O–H groups in total. The van der Waals surface area contributed by atoms with Crippen LogP contribution in [0.2, 0.25) is 0 Å². The first-order chi connectivity index (χ1) is 11.8. The second-order valence-electron chi connectivity index (χ2n) is 5.16. The average Bonchev–Trinajstić information content (AvgIpc) is 2.54. The van der Waals surface area contributed by atoms with E-state index in [1.165, 1.54) is 6.07 Å². The van der Waals surface area contributed by atoms with Crippen LogP contribution < -0.4 is 10.4 Å². The fraction of sp³-hybridized carbons (Fsp3) is 0.133. The van der Waals surface area contributed by atoms with Crippen LogP contribution in [0.5, 0.6) is 0 Å². The zero-order valence-corrected chi connectivity index (χ0v) is 14.1. The van der Waals surface area contributed by atoms with Crippen molar-refractivity contribution in [2.24, 2.45) is 0 Å². The number of carboxylic acid groups (broad SMARTS) is 2. The van der Waals surface area contributed by atoms with Crippen LogP contribution in [0.1, 0.15) is 0 Å². The number of carbonyl (C=O) groups is 2. The van der Waals surface area contributed by atoms with Gasteiger partial charge in [0.15, 0.2) is 0 Å². The summed E-state index contributed by atoms with van der Waals surface area (Å²) in [6.07, 6.45) is 0. The predicted molar refractivity (Wildman–Crippen MR) is 94.0 cm³/mol. The van der Waals surface area contributed by atoms with E-state index in [0.717, 1.165) is 9.13 Å². The third-order valence-corrected chi connectivity index (χ3v) is 5.02. The quantitative estimate of drug-likeness (QED) is 0.518. The van der Waals surface area contributed by atoms with Crippen LogP contribution in [0, 0.1) is 4.64 Å². The van der Waals surface area contributed by atoms with E-state index in [2.05, 4.69) is 0 Å². The summed E-state index contributed by atoms with van der Waals surface area (Å²) >= 11 is 5.89. The Morgan fingerprint density at radius 3 is 2.16 bits per heavy atom. The molecular weight excluding hydrogens is 368 g/mol. The molecule has 0 spiro atoms. The number of hydrogen-bond donors (Lipinski definition) is 2. The van der Waals surface area contributed by atoms with Crippen molar-refractivity contribution < 1.29 is 19.8 Å². The minimum atomic E-state index is -1.24. The van der Waals surface area contributed by atoms with Gasteiger partial charge >= 0.3 is 16.8 Å². The molecule has 0 aliphatic rings. The van der Waals surface area contributed by atoms with Crippen molar-refractivity contribution in [1.29, 1.82) is 0 Å². The number of aromatic nitrogens is 2. The second-order valence-corrected chi connectivity index (χ2v) is 6.49.